The van der Waals surface area contributed by atoms with Gasteiger partial charge in [0.2, 0.25) is 12.7 Å². The lowest BCUT2D eigenvalue weighted by atomic mass is 10.1. The van der Waals surface area contributed by atoms with Crippen molar-refractivity contribution >= 4 is 17.8 Å². The van der Waals surface area contributed by atoms with Crippen LogP contribution in [0.4, 0.5) is 4.79 Å². The molecule has 2 heterocycles. The summed E-state index contributed by atoms with van der Waals surface area (Å²) in [5.74, 6) is 0.520. The zero-order valence-electron chi connectivity index (χ0n) is 15.7. The molecule has 8 nitrogen and oxygen atoms in total. The Morgan fingerprint density at radius 2 is 1.86 bits per heavy atom. The van der Waals surface area contributed by atoms with Crippen molar-refractivity contribution in [2.75, 3.05) is 13.3 Å². The van der Waals surface area contributed by atoms with Crippen LogP contribution in [0.2, 0.25) is 0 Å². The summed E-state index contributed by atoms with van der Waals surface area (Å²) < 4.78 is 10.6. The molecule has 0 spiro atoms. The Kier molecular flexibility index (Phi) is 5.33. The van der Waals surface area contributed by atoms with Crippen LogP contribution in [-0.4, -0.2) is 42.1 Å². The van der Waals surface area contributed by atoms with Gasteiger partial charge in [-0.3, -0.25) is 14.5 Å². The van der Waals surface area contributed by atoms with Crippen LogP contribution >= 0.6 is 0 Å². The van der Waals surface area contributed by atoms with Gasteiger partial charge >= 0.3 is 6.03 Å². The van der Waals surface area contributed by atoms with Crippen molar-refractivity contribution in [2.45, 2.75) is 25.4 Å². The lowest BCUT2D eigenvalue weighted by molar-refractivity contribution is -0.132. The highest BCUT2D eigenvalue weighted by atomic mass is 16.7. The Balaban J connectivity index is 1.27. The molecule has 1 unspecified atom stereocenters. The predicted octanol–water partition coefficient (Wildman–Crippen LogP) is 1.58. The summed E-state index contributed by atoms with van der Waals surface area (Å²) in [6, 6.07) is 14.0. The number of hydrogen-bond donors (Lipinski definition) is 2. The molecule has 1 saturated heterocycles. The number of benzene rings is 2. The fourth-order valence-corrected chi connectivity index (χ4v) is 3.33. The minimum absolute atomic E-state index is 0.183. The summed E-state index contributed by atoms with van der Waals surface area (Å²) in [6.07, 6.45) is 1.16. The van der Waals surface area contributed by atoms with E-state index in [0.29, 0.717) is 24.3 Å². The lowest BCUT2D eigenvalue weighted by Gasteiger charge is -2.13. The van der Waals surface area contributed by atoms with Gasteiger partial charge in [0, 0.05) is 6.54 Å². The zero-order valence-corrected chi connectivity index (χ0v) is 15.7. The normalized spacial score (nSPS) is 17.4. The van der Waals surface area contributed by atoms with Crippen LogP contribution < -0.4 is 20.1 Å². The van der Waals surface area contributed by atoms with E-state index in [1.807, 2.05) is 36.4 Å². The van der Waals surface area contributed by atoms with E-state index in [9.17, 15) is 14.4 Å². The molecule has 29 heavy (non-hydrogen) atoms. The van der Waals surface area contributed by atoms with E-state index in [1.54, 1.807) is 12.1 Å². The molecule has 1 fully saturated rings. The van der Waals surface area contributed by atoms with Crippen LogP contribution in [0.1, 0.15) is 17.5 Å². The van der Waals surface area contributed by atoms with E-state index >= 15 is 0 Å². The highest BCUT2D eigenvalue weighted by Gasteiger charge is 2.38. The molecular formula is C21H21N3O5. The molecule has 0 saturated carbocycles. The summed E-state index contributed by atoms with van der Waals surface area (Å²) in [5, 5.41) is 5.38. The highest BCUT2D eigenvalue weighted by molar-refractivity contribution is 6.06. The quantitative estimate of drug-likeness (QED) is 0.694. The van der Waals surface area contributed by atoms with Gasteiger partial charge in [0.1, 0.15) is 12.6 Å². The molecule has 2 N–H and O–H groups in total. The Labute approximate surface area is 167 Å². The average Bonchev–Trinajstić information content (AvgIpc) is 3.31. The van der Waals surface area contributed by atoms with Crippen LogP contribution in [0, 0.1) is 0 Å². The van der Waals surface area contributed by atoms with E-state index in [1.165, 1.54) is 0 Å². The molecule has 0 aliphatic carbocycles. The first-order chi connectivity index (χ1) is 14.1. The van der Waals surface area contributed by atoms with Crippen molar-refractivity contribution in [2.24, 2.45) is 0 Å². The van der Waals surface area contributed by atoms with Crippen LogP contribution in [-0.2, 0) is 22.6 Å². The summed E-state index contributed by atoms with van der Waals surface area (Å²) in [5.41, 5.74) is 1.93. The van der Waals surface area contributed by atoms with Crippen molar-refractivity contribution in [3.8, 4) is 11.5 Å². The van der Waals surface area contributed by atoms with E-state index < -0.39 is 18.0 Å². The summed E-state index contributed by atoms with van der Waals surface area (Å²) >= 11 is 0. The van der Waals surface area contributed by atoms with Crippen molar-refractivity contribution in [1.29, 1.82) is 0 Å². The van der Waals surface area contributed by atoms with E-state index in [4.69, 9.17) is 9.47 Å². The molecule has 150 valence electrons. The number of nitrogens with zero attached hydrogens (tertiary/aromatic N) is 1. The Hall–Kier alpha value is -3.55. The van der Waals surface area contributed by atoms with Gasteiger partial charge in [-0.25, -0.2) is 4.79 Å². The number of urea groups is 1. The Morgan fingerprint density at radius 1 is 1.07 bits per heavy atom. The molecule has 2 aliphatic heterocycles. The van der Waals surface area contributed by atoms with Gasteiger partial charge in [-0.05, 0) is 36.1 Å². The maximum Gasteiger partial charge on any atom is 0.325 e. The molecule has 0 bridgehead atoms. The number of imide groups is 1. The van der Waals surface area contributed by atoms with Crippen molar-refractivity contribution in [3.63, 3.8) is 0 Å². The maximum absolute atomic E-state index is 12.5. The number of hydrogen-bond acceptors (Lipinski definition) is 5. The fraction of sp³-hybridized carbons (Fsp3) is 0.286. The smallest absolute Gasteiger partial charge is 0.325 e. The highest BCUT2D eigenvalue weighted by Crippen LogP contribution is 2.32. The Bertz CT molecular complexity index is 931. The zero-order chi connectivity index (χ0) is 20.2. The summed E-state index contributed by atoms with van der Waals surface area (Å²) in [4.78, 5) is 37.8. The third-order valence-electron chi connectivity index (χ3n) is 4.90. The molecular weight excluding hydrogens is 374 g/mol. The molecule has 2 aliphatic rings. The first-order valence-corrected chi connectivity index (χ1v) is 9.41. The number of rotatable bonds is 7. The van der Waals surface area contributed by atoms with Crippen LogP contribution in [0.3, 0.4) is 0 Å². The molecule has 0 radical (unpaired) electrons. The first-order valence-electron chi connectivity index (χ1n) is 9.41. The molecule has 1 atom stereocenters. The minimum Gasteiger partial charge on any atom is -0.454 e. The second-order valence-corrected chi connectivity index (χ2v) is 6.92. The molecule has 4 amide bonds. The number of carbonyl (C=O) groups excluding carboxylic acids is 3. The molecule has 2 aromatic carbocycles. The van der Waals surface area contributed by atoms with Crippen molar-refractivity contribution in [1.82, 2.24) is 15.5 Å². The van der Waals surface area contributed by atoms with Crippen LogP contribution in [0.5, 0.6) is 11.5 Å². The standard InChI is InChI=1S/C21H21N3O5/c25-19(22-11-15-7-9-17-18(10-15)29-13-28-17)12-24-20(26)16(23-21(24)27)8-6-14-4-2-1-3-5-14/h1-5,7,9-10,16H,6,8,11-13H2,(H,22,25)(H,23,27). The largest absolute Gasteiger partial charge is 0.454 e. The summed E-state index contributed by atoms with van der Waals surface area (Å²) in [6.45, 7) is 0.135. The van der Waals surface area contributed by atoms with E-state index in [-0.39, 0.29) is 25.8 Å². The SMILES string of the molecule is O=C(CN1C(=O)NC(CCc2ccccc2)C1=O)NCc1ccc2c(c1)OCO2. The van der Waals surface area contributed by atoms with Crippen molar-refractivity contribution in [3.05, 3.63) is 59.7 Å². The number of fused-ring (bicyclic) bond motifs is 1. The van der Waals surface area contributed by atoms with E-state index in [0.717, 1.165) is 16.0 Å². The molecule has 8 heteroatoms. The van der Waals surface area contributed by atoms with Crippen molar-refractivity contribution < 1.29 is 23.9 Å². The van der Waals surface area contributed by atoms with Gasteiger partial charge in [-0.2, -0.15) is 0 Å². The second kappa shape index (κ2) is 8.22. The van der Waals surface area contributed by atoms with Crippen LogP contribution in [0.15, 0.2) is 48.5 Å². The third-order valence-corrected chi connectivity index (χ3v) is 4.90. The average molecular weight is 395 g/mol. The number of amides is 4. The van der Waals surface area contributed by atoms with Gasteiger partial charge in [0.05, 0.1) is 0 Å². The molecule has 2 aromatic rings. The van der Waals surface area contributed by atoms with Gasteiger partial charge in [0.25, 0.3) is 5.91 Å². The summed E-state index contributed by atoms with van der Waals surface area (Å²) in [7, 11) is 0. The fourth-order valence-electron chi connectivity index (χ4n) is 3.33. The maximum atomic E-state index is 12.5. The molecule has 4 rings (SSSR count). The van der Waals surface area contributed by atoms with Gasteiger partial charge < -0.3 is 20.1 Å². The van der Waals surface area contributed by atoms with Gasteiger partial charge in [-0.1, -0.05) is 36.4 Å². The lowest BCUT2D eigenvalue weighted by Crippen LogP contribution is -2.41. The van der Waals surface area contributed by atoms with Gasteiger partial charge in [-0.15, -0.1) is 0 Å². The number of ether oxygens (including phenoxy) is 2. The third kappa shape index (κ3) is 4.31. The molecule has 0 aromatic heterocycles. The number of nitrogens with one attached hydrogen (secondary N) is 2. The van der Waals surface area contributed by atoms with Crippen LogP contribution in [0.25, 0.3) is 0 Å². The first kappa shape index (κ1) is 18.8. The second-order valence-electron chi connectivity index (χ2n) is 6.92. The number of aryl methyl sites for hydroxylation is 1. The van der Waals surface area contributed by atoms with Gasteiger partial charge in [0.15, 0.2) is 11.5 Å². The number of carbonyl (C=O) groups is 3. The predicted molar refractivity (Wildman–Crippen MR) is 103 cm³/mol. The minimum atomic E-state index is -0.607. The topological polar surface area (TPSA) is 97.0 Å². The monoisotopic (exact) mass is 395 g/mol. The van der Waals surface area contributed by atoms with E-state index in [2.05, 4.69) is 10.6 Å². The Morgan fingerprint density at radius 3 is 2.69 bits per heavy atom.